The van der Waals surface area contributed by atoms with Crippen LogP contribution in [0.3, 0.4) is 0 Å². The normalized spacial score (nSPS) is 11.6. The van der Waals surface area contributed by atoms with Crippen LogP contribution in [0.2, 0.25) is 0 Å². The van der Waals surface area contributed by atoms with Crippen LogP contribution in [0.4, 0.5) is 22.0 Å². The van der Waals surface area contributed by atoms with Gasteiger partial charge >= 0.3 is 6.36 Å². The summed E-state index contributed by atoms with van der Waals surface area (Å²) < 4.78 is 63.3. The molecular weight excluding hydrogens is 253 g/mol. The van der Waals surface area contributed by atoms with E-state index in [2.05, 4.69) is 4.74 Å². The molecule has 0 aliphatic heterocycles. The van der Waals surface area contributed by atoms with Gasteiger partial charge in [0, 0.05) is 6.20 Å². The first-order valence-corrected chi connectivity index (χ1v) is 4.01. The molecule has 0 unspecified atom stereocenters. The highest BCUT2D eigenvalue weighted by Crippen LogP contribution is 2.23. The fraction of sp³-hybridized carbons (Fsp3) is 0.250. The molecule has 0 aliphatic carbocycles. The molecule has 0 bridgehead atoms. The van der Waals surface area contributed by atoms with Gasteiger partial charge in [-0.15, -0.1) is 13.2 Å². The Bertz CT molecular complexity index is 479. The minimum atomic E-state index is -5.15. The first kappa shape index (κ1) is 13.1. The average molecular weight is 257 g/mol. The fourth-order valence-corrected chi connectivity index (χ4v) is 1.01. The molecular formula is C8H4F5NO3. The first-order chi connectivity index (χ1) is 7.76. The number of hydrogen-bond acceptors (Lipinski definition) is 3. The summed E-state index contributed by atoms with van der Waals surface area (Å²) in [6, 6.07) is 0. The molecule has 0 radical (unpaired) electrons. The largest absolute Gasteiger partial charge is 0.574 e. The monoisotopic (exact) mass is 257 g/mol. The molecule has 9 heteroatoms. The van der Waals surface area contributed by atoms with Gasteiger partial charge < -0.3 is 9.72 Å². The molecule has 0 aliphatic rings. The lowest BCUT2D eigenvalue weighted by Crippen LogP contribution is -2.23. The van der Waals surface area contributed by atoms with Crippen LogP contribution in [-0.2, 0) is 0 Å². The summed E-state index contributed by atoms with van der Waals surface area (Å²) in [4.78, 5) is 23.2. The maximum Gasteiger partial charge on any atom is 0.574 e. The summed E-state index contributed by atoms with van der Waals surface area (Å²) >= 11 is 0. The smallest absolute Gasteiger partial charge is 0.389 e. The lowest BCUT2D eigenvalue weighted by atomic mass is 10.2. The van der Waals surface area contributed by atoms with Crippen LogP contribution in [-0.4, -0.2) is 17.6 Å². The van der Waals surface area contributed by atoms with Gasteiger partial charge in [-0.1, -0.05) is 0 Å². The van der Waals surface area contributed by atoms with Gasteiger partial charge in [0.05, 0.1) is 5.56 Å². The van der Waals surface area contributed by atoms with Gasteiger partial charge in [-0.05, 0) is 0 Å². The maximum absolute atomic E-state index is 12.2. The third kappa shape index (κ3) is 3.02. The number of halogens is 5. The molecule has 1 rings (SSSR count). The number of H-pyrrole nitrogens is 1. The van der Waals surface area contributed by atoms with Crippen LogP contribution < -0.4 is 10.2 Å². The van der Waals surface area contributed by atoms with E-state index in [0.29, 0.717) is 6.20 Å². The molecule has 0 atom stereocenters. The van der Waals surface area contributed by atoms with Gasteiger partial charge in [0.2, 0.25) is 11.3 Å². The lowest BCUT2D eigenvalue weighted by molar-refractivity contribution is -0.276. The number of aromatic amines is 1. The summed E-state index contributed by atoms with van der Waals surface area (Å²) in [5.74, 6) is -1.22. The molecule has 0 fully saturated rings. The molecule has 0 aromatic carbocycles. The topological polar surface area (TPSA) is 59.2 Å². The zero-order chi connectivity index (χ0) is 13.2. The van der Waals surface area contributed by atoms with Crippen molar-refractivity contribution in [2.24, 2.45) is 0 Å². The summed E-state index contributed by atoms with van der Waals surface area (Å²) in [5, 5.41) is 0. The summed E-state index contributed by atoms with van der Waals surface area (Å²) in [5.41, 5.74) is -3.75. The number of hydrogen-bond donors (Lipinski definition) is 1. The van der Waals surface area contributed by atoms with E-state index in [4.69, 9.17) is 0 Å². The van der Waals surface area contributed by atoms with Crippen molar-refractivity contribution in [3.63, 3.8) is 0 Å². The van der Waals surface area contributed by atoms with Crippen molar-refractivity contribution in [1.82, 2.24) is 4.98 Å². The number of pyridine rings is 1. The Balaban J connectivity index is 3.32. The van der Waals surface area contributed by atoms with Gasteiger partial charge in [-0.3, -0.25) is 9.59 Å². The van der Waals surface area contributed by atoms with Crippen LogP contribution >= 0.6 is 0 Å². The molecule has 0 saturated carbocycles. The Kier molecular flexibility index (Phi) is 3.49. The molecule has 1 aromatic heterocycles. The van der Waals surface area contributed by atoms with Crippen molar-refractivity contribution < 1.29 is 31.5 Å². The molecule has 1 N–H and O–H groups in total. The number of nitrogens with one attached hydrogen (secondary N) is 1. The van der Waals surface area contributed by atoms with Crippen molar-refractivity contribution in [3.8, 4) is 5.88 Å². The van der Waals surface area contributed by atoms with Crippen molar-refractivity contribution in [2.45, 2.75) is 12.8 Å². The predicted molar refractivity (Wildman–Crippen MR) is 44.1 cm³/mol. The van der Waals surface area contributed by atoms with Gasteiger partial charge in [0.25, 0.3) is 6.43 Å². The van der Waals surface area contributed by atoms with Gasteiger partial charge in [-0.25, -0.2) is 8.78 Å². The van der Waals surface area contributed by atoms with Crippen LogP contribution in [0.25, 0.3) is 0 Å². The van der Waals surface area contributed by atoms with Crippen molar-refractivity contribution in [2.75, 3.05) is 0 Å². The van der Waals surface area contributed by atoms with E-state index in [1.54, 1.807) is 4.98 Å². The Morgan fingerprint density at radius 1 is 1.35 bits per heavy atom. The van der Waals surface area contributed by atoms with E-state index in [9.17, 15) is 31.5 Å². The van der Waals surface area contributed by atoms with E-state index in [1.165, 1.54) is 0 Å². The van der Waals surface area contributed by atoms with Gasteiger partial charge in [0.1, 0.15) is 5.56 Å². The number of rotatable bonds is 3. The van der Waals surface area contributed by atoms with E-state index in [0.717, 1.165) is 0 Å². The minimum Gasteiger partial charge on any atom is -0.389 e. The van der Waals surface area contributed by atoms with Crippen LogP contribution in [0.5, 0.6) is 5.88 Å². The standard InChI is InChI=1S/C8H4F5NO3/c9-6(10)3-1-14-7(17-8(11,12)13)4(2-15)5(3)16/h1-2,6H,(H,14,16). The van der Waals surface area contributed by atoms with Crippen LogP contribution in [0.1, 0.15) is 22.3 Å². The van der Waals surface area contributed by atoms with Gasteiger partial charge in [-0.2, -0.15) is 0 Å². The second kappa shape index (κ2) is 4.52. The SMILES string of the molecule is O=Cc1c(OC(F)(F)F)[nH]cc(C(F)F)c1=O. The molecule has 0 spiro atoms. The Morgan fingerprint density at radius 2 is 1.94 bits per heavy atom. The third-order valence-electron chi connectivity index (χ3n) is 1.68. The average Bonchev–Trinajstić information content (AvgIpc) is 2.15. The van der Waals surface area contributed by atoms with Crippen molar-refractivity contribution >= 4 is 6.29 Å². The summed E-state index contributed by atoms with van der Waals surface area (Å²) in [6.45, 7) is 0. The fourth-order valence-electron chi connectivity index (χ4n) is 1.01. The molecule has 1 aromatic rings. The second-order valence-electron chi connectivity index (χ2n) is 2.78. The minimum absolute atomic E-state index is 0.286. The number of carbonyl (C=O) groups is 1. The number of aromatic nitrogens is 1. The molecule has 17 heavy (non-hydrogen) atoms. The van der Waals surface area contributed by atoms with Crippen LogP contribution in [0, 0.1) is 0 Å². The van der Waals surface area contributed by atoms with E-state index >= 15 is 0 Å². The number of carbonyl (C=O) groups excluding carboxylic acids is 1. The zero-order valence-corrected chi connectivity index (χ0v) is 7.85. The number of alkyl halides is 5. The lowest BCUT2D eigenvalue weighted by Gasteiger charge is -2.10. The first-order valence-electron chi connectivity index (χ1n) is 4.01. The second-order valence-corrected chi connectivity index (χ2v) is 2.78. The molecule has 1 heterocycles. The Hall–Kier alpha value is -1.93. The highest BCUT2D eigenvalue weighted by atomic mass is 19.4. The van der Waals surface area contributed by atoms with Crippen molar-refractivity contribution in [1.29, 1.82) is 0 Å². The molecule has 94 valence electrons. The van der Waals surface area contributed by atoms with E-state index < -0.39 is 35.2 Å². The predicted octanol–water partition coefficient (Wildman–Crippen LogP) is 2.02. The molecule has 0 saturated heterocycles. The summed E-state index contributed by atoms with van der Waals surface area (Å²) in [7, 11) is 0. The van der Waals surface area contributed by atoms with E-state index in [1.807, 2.05) is 0 Å². The third-order valence-corrected chi connectivity index (χ3v) is 1.68. The van der Waals surface area contributed by atoms with Crippen molar-refractivity contribution in [3.05, 3.63) is 27.5 Å². The molecule has 0 amide bonds. The summed E-state index contributed by atoms with van der Waals surface area (Å²) in [6.07, 6.45) is -8.28. The van der Waals surface area contributed by atoms with Gasteiger partial charge in [0.15, 0.2) is 6.29 Å². The highest BCUT2D eigenvalue weighted by Gasteiger charge is 2.33. The highest BCUT2D eigenvalue weighted by molar-refractivity contribution is 5.78. The van der Waals surface area contributed by atoms with E-state index in [-0.39, 0.29) is 6.29 Å². The number of aldehydes is 1. The molecule has 4 nitrogen and oxygen atoms in total. The zero-order valence-electron chi connectivity index (χ0n) is 7.85. The maximum atomic E-state index is 12.2. The van der Waals surface area contributed by atoms with Crippen LogP contribution in [0.15, 0.2) is 11.0 Å². The quantitative estimate of drug-likeness (QED) is 0.665. The Morgan fingerprint density at radius 3 is 2.35 bits per heavy atom. The Labute approximate surface area is 90.0 Å². The number of ether oxygens (including phenoxy) is 1.